The molecule has 1 atom stereocenters. The number of piperazine rings is 1. The van der Waals surface area contributed by atoms with Crippen LogP contribution in [0.1, 0.15) is 11.1 Å². The summed E-state index contributed by atoms with van der Waals surface area (Å²) in [6.45, 7) is 8.29. The van der Waals surface area contributed by atoms with E-state index in [2.05, 4.69) is 48.9 Å². The predicted octanol–water partition coefficient (Wildman–Crippen LogP) is 1.38. The Hall–Kier alpha value is -1.06. The molecule has 0 amide bonds. The Kier molecular flexibility index (Phi) is 3.69. The second-order valence-corrected chi connectivity index (χ2v) is 5.11. The summed E-state index contributed by atoms with van der Waals surface area (Å²) in [7, 11) is 2.17. The molecule has 1 aliphatic heterocycles. The van der Waals surface area contributed by atoms with Gasteiger partial charge in [-0.1, -0.05) is 6.07 Å². The van der Waals surface area contributed by atoms with Crippen molar-refractivity contribution in [2.24, 2.45) is 5.73 Å². The Morgan fingerprint density at radius 2 is 2.00 bits per heavy atom. The van der Waals surface area contributed by atoms with Crippen molar-refractivity contribution in [2.75, 3.05) is 38.1 Å². The van der Waals surface area contributed by atoms with Crippen LogP contribution in [0.25, 0.3) is 0 Å². The number of anilines is 1. The van der Waals surface area contributed by atoms with E-state index in [1.54, 1.807) is 0 Å². The fraction of sp³-hybridized carbons (Fsp3) is 0.571. The topological polar surface area (TPSA) is 32.5 Å². The molecule has 1 aromatic carbocycles. The minimum absolute atomic E-state index is 0.441. The minimum Gasteiger partial charge on any atom is -0.365 e. The molecule has 2 N–H and O–H groups in total. The van der Waals surface area contributed by atoms with Gasteiger partial charge in [-0.15, -0.1) is 0 Å². The molecule has 1 aromatic rings. The maximum Gasteiger partial charge on any atom is 0.0539 e. The van der Waals surface area contributed by atoms with Crippen molar-refractivity contribution in [1.29, 1.82) is 0 Å². The minimum atomic E-state index is 0.441. The third kappa shape index (κ3) is 2.61. The van der Waals surface area contributed by atoms with Crippen LogP contribution in [0, 0.1) is 13.8 Å². The van der Waals surface area contributed by atoms with Crippen LogP contribution >= 0.6 is 0 Å². The van der Waals surface area contributed by atoms with Gasteiger partial charge in [0.1, 0.15) is 0 Å². The first-order chi connectivity index (χ1) is 8.11. The Morgan fingerprint density at radius 3 is 2.65 bits per heavy atom. The number of nitrogens with two attached hydrogens (primary N) is 1. The van der Waals surface area contributed by atoms with Crippen LogP contribution in [-0.4, -0.2) is 44.2 Å². The molecule has 3 nitrogen and oxygen atoms in total. The van der Waals surface area contributed by atoms with Gasteiger partial charge < -0.3 is 15.5 Å². The fourth-order valence-electron chi connectivity index (χ4n) is 2.46. The Bertz CT molecular complexity index is 389. The predicted molar refractivity (Wildman–Crippen MR) is 73.6 cm³/mol. The monoisotopic (exact) mass is 233 g/mol. The van der Waals surface area contributed by atoms with Gasteiger partial charge in [0.05, 0.1) is 6.04 Å². The van der Waals surface area contributed by atoms with Gasteiger partial charge in [-0.2, -0.15) is 0 Å². The third-order valence-corrected chi connectivity index (χ3v) is 3.78. The zero-order valence-corrected chi connectivity index (χ0v) is 11.1. The van der Waals surface area contributed by atoms with E-state index < -0.39 is 0 Å². The first-order valence-corrected chi connectivity index (χ1v) is 6.34. The van der Waals surface area contributed by atoms with Gasteiger partial charge in [-0.3, -0.25) is 0 Å². The second kappa shape index (κ2) is 5.07. The number of nitrogens with zero attached hydrogens (tertiary/aromatic N) is 2. The number of hydrogen-bond acceptors (Lipinski definition) is 3. The normalized spacial score (nSPS) is 21.9. The molecule has 0 spiro atoms. The lowest BCUT2D eigenvalue weighted by molar-refractivity contribution is 0.270. The van der Waals surface area contributed by atoms with Gasteiger partial charge in [0.15, 0.2) is 0 Å². The van der Waals surface area contributed by atoms with Gasteiger partial charge >= 0.3 is 0 Å². The largest absolute Gasteiger partial charge is 0.365 e. The van der Waals surface area contributed by atoms with Gasteiger partial charge in [0.2, 0.25) is 0 Å². The standard InChI is InChI=1S/C14H23N3/c1-11-4-5-13(8-12(11)2)17-7-6-16(3)10-14(17)9-15/h4-5,8,14H,6-7,9-10,15H2,1-3H3. The van der Waals surface area contributed by atoms with E-state index in [4.69, 9.17) is 5.73 Å². The van der Waals surface area contributed by atoms with Crippen molar-refractivity contribution in [2.45, 2.75) is 19.9 Å². The first kappa shape index (κ1) is 12.4. The summed E-state index contributed by atoms with van der Waals surface area (Å²) in [5.74, 6) is 0. The summed E-state index contributed by atoms with van der Waals surface area (Å²) in [5.41, 5.74) is 9.92. The number of rotatable bonds is 2. The summed E-state index contributed by atoms with van der Waals surface area (Å²) in [5, 5.41) is 0. The highest BCUT2D eigenvalue weighted by atomic mass is 15.3. The molecule has 1 aliphatic rings. The van der Waals surface area contributed by atoms with E-state index in [1.807, 2.05) is 0 Å². The van der Waals surface area contributed by atoms with E-state index in [-0.39, 0.29) is 0 Å². The molecular weight excluding hydrogens is 210 g/mol. The summed E-state index contributed by atoms with van der Waals surface area (Å²) in [4.78, 5) is 4.81. The van der Waals surface area contributed by atoms with E-state index in [1.165, 1.54) is 16.8 Å². The third-order valence-electron chi connectivity index (χ3n) is 3.78. The molecule has 0 aliphatic carbocycles. The Balaban J connectivity index is 2.22. The van der Waals surface area contributed by atoms with E-state index in [0.29, 0.717) is 6.04 Å². The molecule has 17 heavy (non-hydrogen) atoms. The van der Waals surface area contributed by atoms with Crippen molar-refractivity contribution < 1.29 is 0 Å². The molecule has 3 heteroatoms. The van der Waals surface area contributed by atoms with Crippen LogP contribution in [0.15, 0.2) is 18.2 Å². The van der Waals surface area contributed by atoms with Gasteiger partial charge in [0, 0.05) is 31.9 Å². The van der Waals surface area contributed by atoms with Crippen LogP contribution in [0.3, 0.4) is 0 Å². The number of aryl methyl sites for hydroxylation is 2. The summed E-state index contributed by atoms with van der Waals surface area (Å²) in [6, 6.07) is 7.15. The molecule has 0 radical (unpaired) electrons. The van der Waals surface area contributed by atoms with Crippen LogP contribution in [0.5, 0.6) is 0 Å². The molecule has 0 saturated carbocycles. The van der Waals surface area contributed by atoms with Gasteiger partial charge in [-0.25, -0.2) is 0 Å². The highest BCUT2D eigenvalue weighted by Gasteiger charge is 2.24. The lowest BCUT2D eigenvalue weighted by Crippen LogP contribution is -2.55. The number of benzene rings is 1. The molecule has 0 aromatic heterocycles. The van der Waals surface area contributed by atoms with Gasteiger partial charge in [0.25, 0.3) is 0 Å². The lowest BCUT2D eigenvalue weighted by atomic mass is 10.1. The summed E-state index contributed by atoms with van der Waals surface area (Å²) >= 11 is 0. The van der Waals surface area contributed by atoms with Crippen molar-refractivity contribution >= 4 is 5.69 Å². The quantitative estimate of drug-likeness (QED) is 0.837. The van der Waals surface area contributed by atoms with Crippen molar-refractivity contribution in [3.63, 3.8) is 0 Å². The molecule has 1 fully saturated rings. The van der Waals surface area contributed by atoms with Crippen LogP contribution in [0.4, 0.5) is 5.69 Å². The van der Waals surface area contributed by atoms with E-state index in [0.717, 1.165) is 26.2 Å². The van der Waals surface area contributed by atoms with E-state index >= 15 is 0 Å². The lowest BCUT2D eigenvalue weighted by Gasteiger charge is -2.41. The average Bonchev–Trinajstić information content (AvgIpc) is 2.32. The molecule has 2 rings (SSSR count). The van der Waals surface area contributed by atoms with Crippen LogP contribution in [-0.2, 0) is 0 Å². The maximum atomic E-state index is 5.89. The highest BCUT2D eigenvalue weighted by molar-refractivity contribution is 5.52. The molecule has 1 heterocycles. The number of likely N-dealkylation sites (N-methyl/N-ethyl adjacent to an activating group) is 1. The summed E-state index contributed by atoms with van der Waals surface area (Å²) in [6.07, 6.45) is 0. The van der Waals surface area contributed by atoms with Crippen molar-refractivity contribution in [3.05, 3.63) is 29.3 Å². The number of hydrogen-bond donors (Lipinski definition) is 1. The van der Waals surface area contributed by atoms with Crippen molar-refractivity contribution in [3.8, 4) is 0 Å². The van der Waals surface area contributed by atoms with E-state index in [9.17, 15) is 0 Å². The zero-order chi connectivity index (χ0) is 12.4. The molecule has 0 bridgehead atoms. The smallest absolute Gasteiger partial charge is 0.0539 e. The SMILES string of the molecule is Cc1ccc(N2CCN(C)CC2CN)cc1C. The van der Waals surface area contributed by atoms with Crippen LogP contribution < -0.4 is 10.6 Å². The van der Waals surface area contributed by atoms with Crippen LogP contribution in [0.2, 0.25) is 0 Å². The highest BCUT2D eigenvalue weighted by Crippen LogP contribution is 2.22. The molecular formula is C14H23N3. The first-order valence-electron chi connectivity index (χ1n) is 6.34. The van der Waals surface area contributed by atoms with Crippen molar-refractivity contribution in [1.82, 2.24) is 4.90 Å². The maximum absolute atomic E-state index is 5.89. The molecule has 1 unspecified atom stereocenters. The zero-order valence-electron chi connectivity index (χ0n) is 11.1. The molecule has 1 saturated heterocycles. The Labute approximate surface area is 104 Å². The summed E-state index contributed by atoms with van der Waals surface area (Å²) < 4.78 is 0. The average molecular weight is 233 g/mol. The fourth-order valence-corrected chi connectivity index (χ4v) is 2.46. The second-order valence-electron chi connectivity index (χ2n) is 5.11. The Morgan fingerprint density at radius 1 is 1.24 bits per heavy atom. The molecule has 94 valence electrons. The van der Waals surface area contributed by atoms with Gasteiger partial charge in [-0.05, 0) is 44.2 Å².